The average molecular weight is 511 g/mol. The van der Waals surface area contributed by atoms with Gasteiger partial charge in [0.05, 0.1) is 25.6 Å². The van der Waals surface area contributed by atoms with E-state index in [1.807, 2.05) is 37.8 Å². The van der Waals surface area contributed by atoms with E-state index in [0.29, 0.717) is 24.5 Å². The molecule has 1 aliphatic rings. The van der Waals surface area contributed by atoms with E-state index in [2.05, 4.69) is 56.9 Å². The first kappa shape index (κ1) is 23.7. The number of aromatic nitrogens is 2. The van der Waals surface area contributed by atoms with Gasteiger partial charge in [0.2, 0.25) is 0 Å². The van der Waals surface area contributed by atoms with Gasteiger partial charge in [-0.15, -0.1) is 24.0 Å². The van der Waals surface area contributed by atoms with Crippen molar-refractivity contribution in [3.05, 3.63) is 54.6 Å². The van der Waals surface area contributed by atoms with Crippen LogP contribution in [0.4, 0.5) is 0 Å². The van der Waals surface area contributed by atoms with E-state index in [4.69, 9.17) is 4.74 Å². The molecule has 0 bridgehead atoms. The second kappa shape index (κ2) is 12.2. The first-order valence-corrected chi connectivity index (χ1v) is 10.2. The van der Waals surface area contributed by atoms with Gasteiger partial charge in [0, 0.05) is 39.1 Å². The van der Waals surface area contributed by atoms with Crippen molar-refractivity contribution in [3.63, 3.8) is 0 Å². The van der Waals surface area contributed by atoms with Gasteiger partial charge in [-0.1, -0.05) is 44.2 Å². The van der Waals surface area contributed by atoms with Crippen LogP contribution in [0.25, 0.3) is 0 Å². The lowest BCUT2D eigenvalue weighted by molar-refractivity contribution is 0.0926. The molecule has 2 aromatic rings. The van der Waals surface area contributed by atoms with Gasteiger partial charge in [-0.2, -0.15) is 0 Å². The van der Waals surface area contributed by atoms with Crippen LogP contribution in [-0.2, 0) is 11.3 Å². The third-order valence-electron chi connectivity index (χ3n) is 5.46. The summed E-state index contributed by atoms with van der Waals surface area (Å²) in [5.74, 6) is 2.02. The van der Waals surface area contributed by atoms with Crippen molar-refractivity contribution in [2.45, 2.75) is 32.9 Å². The van der Waals surface area contributed by atoms with Crippen LogP contribution in [0.1, 0.15) is 31.9 Å². The highest BCUT2D eigenvalue weighted by atomic mass is 127. The monoisotopic (exact) mass is 511 g/mol. The van der Waals surface area contributed by atoms with Crippen molar-refractivity contribution in [1.82, 2.24) is 19.8 Å². The van der Waals surface area contributed by atoms with E-state index in [9.17, 15) is 0 Å². The van der Waals surface area contributed by atoms with Crippen LogP contribution in [0, 0.1) is 11.8 Å². The maximum absolute atomic E-state index is 5.87. The minimum atomic E-state index is 0. The molecule has 1 saturated heterocycles. The highest BCUT2D eigenvalue weighted by molar-refractivity contribution is 14.0. The topological polar surface area (TPSA) is 54.7 Å². The van der Waals surface area contributed by atoms with Gasteiger partial charge >= 0.3 is 0 Å². The predicted molar refractivity (Wildman–Crippen MR) is 129 cm³/mol. The standard InChI is InChI=1S/C22H33N5O.HI/c1-18(15-28-16-20-7-5-4-6-8-20)13-25-22(23-3)26-11-9-19(2)21(14-26)27-12-10-24-17-27;/h4-8,10,12,17-19,21H,9,11,13-16H2,1-3H3,(H,23,25);1H. The Morgan fingerprint density at radius 1 is 1.34 bits per heavy atom. The Morgan fingerprint density at radius 2 is 2.14 bits per heavy atom. The van der Waals surface area contributed by atoms with Gasteiger partial charge in [-0.3, -0.25) is 4.99 Å². The molecule has 1 aromatic heterocycles. The molecule has 3 rings (SSSR count). The SMILES string of the molecule is CN=C(NCC(C)COCc1ccccc1)N1CCC(C)C(n2ccnc2)C1.I. The van der Waals surface area contributed by atoms with E-state index in [0.717, 1.165) is 38.6 Å². The molecule has 3 atom stereocenters. The number of guanidine groups is 1. The summed E-state index contributed by atoms with van der Waals surface area (Å²) in [7, 11) is 1.86. The molecular formula is C22H34IN5O. The largest absolute Gasteiger partial charge is 0.376 e. The summed E-state index contributed by atoms with van der Waals surface area (Å²) in [5, 5.41) is 3.54. The first-order valence-electron chi connectivity index (χ1n) is 10.2. The number of hydrogen-bond acceptors (Lipinski definition) is 3. The number of piperidine rings is 1. The molecular weight excluding hydrogens is 477 g/mol. The highest BCUT2D eigenvalue weighted by Crippen LogP contribution is 2.27. The number of ether oxygens (including phenoxy) is 1. The number of aliphatic imine (C=N–C) groups is 1. The summed E-state index contributed by atoms with van der Waals surface area (Å²) in [6.07, 6.45) is 7.00. The number of benzene rings is 1. The second-order valence-electron chi connectivity index (χ2n) is 7.82. The normalized spacial score (nSPS) is 20.8. The van der Waals surface area contributed by atoms with Gasteiger partial charge in [0.1, 0.15) is 0 Å². The number of halogens is 1. The fraction of sp³-hybridized carbons (Fsp3) is 0.545. The van der Waals surface area contributed by atoms with Gasteiger partial charge in [0.25, 0.3) is 0 Å². The Kier molecular flexibility index (Phi) is 9.93. The van der Waals surface area contributed by atoms with E-state index in [1.54, 1.807) is 0 Å². The zero-order valence-electron chi connectivity index (χ0n) is 17.7. The van der Waals surface area contributed by atoms with E-state index >= 15 is 0 Å². The van der Waals surface area contributed by atoms with E-state index in [-0.39, 0.29) is 24.0 Å². The zero-order chi connectivity index (χ0) is 19.8. The molecule has 6 nitrogen and oxygen atoms in total. The fourth-order valence-electron chi connectivity index (χ4n) is 3.70. The average Bonchev–Trinajstić information content (AvgIpc) is 3.25. The number of imidazole rings is 1. The molecule has 3 unspecified atom stereocenters. The van der Waals surface area contributed by atoms with Crippen LogP contribution in [0.5, 0.6) is 0 Å². The zero-order valence-corrected chi connectivity index (χ0v) is 20.0. The third-order valence-corrected chi connectivity index (χ3v) is 5.46. The molecule has 0 amide bonds. The molecule has 1 fully saturated rings. The van der Waals surface area contributed by atoms with E-state index in [1.165, 1.54) is 5.56 Å². The molecule has 0 saturated carbocycles. The van der Waals surface area contributed by atoms with Crippen molar-refractivity contribution < 1.29 is 4.74 Å². The molecule has 160 valence electrons. The molecule has 2 heterocycles. The van der Waals surface area contributed by atoms with Crippen molar-refractivity contribution in [2.24, 2.45) is 16.8 Å². The summed E-state index contributed by atoms with van der Waals surface area (Å²) >= 11 is 0. The van der Waals surface area contributed by atoms with Crippen LogP contribution < -0.4 is 5.32 Å². The molecule has 1 aliphatic heterocycles. The first-order chi connectivity index (χ1) is 13.7. The molecule has 1 aromatic carbocycles. The lowest BCUT2D eigenvalue weighted by atomic mass is 9.93. The maximum Gasteiger partial charge on any atom is 0.193 e. The Morgan fingerprint density at radius 3 is 2.83 bits per heavy atom. The minimum absolute atomic E-state index is 0. The van der Waals surface area contributed by atoms with Crippen molar-refractivity contribution >= 4 is 29.9 Å². The van der Waals surface area contributed by atoms with Crippen LogP contribution in [-0.4, -0.2) is 53.7 Å². The molecule has 0 aliphatic carbocycles. The van der Waals surface area contributed by atoms with Gasteiger partial charge < -0.3 is 19.5 Å². The quantitative estimate of drug-likeness (QED) is 0.349. The lowest BCUT2D eigenvalue weighted by Crippen LogP contribution is -2.49. The number of nitrogens with one attached hydrogen (secondary N) is 1. The maximum atomic E-state index is 5.87. The van der Waals surface area contributed by atoms with Crippen LogP contribution in [0.15, 0.2) is 54.0 Å². The van der Waals surface area contributed by atoms with Crippen molar-refractivity contribution in [2.75, 3.05) is 33.3 Å². The van der Waals surface area contributed by atoms with Gasteiger partial charge in [-0.05, 0) is 23.8 Å². The predicted octanol–water partition coefficient (Wildman–Crippen LogP) is 3.81. The Bertz CT molecular complexity index is 722. The third kappa shape index (κ3) is 6.99. The van der Waals surface area contributed by atoms with Crippen LogP contribution in [0.3, 0.4) is 0 Å². The Balaban J connectivity index is 0.00000300. The Labute approximate surface area is 191 Å². The molecule has 7 heteroatoms. The fourth-order valence-corrected chi connectivity index (χ4v) is 3.70. The number of hydrogen-bond donors (Lipinski definition) is 1. The summed E-state index contributed by atoms with van der Waals surface area (Å²) < 4.78 is 8.10. The summed E-state index contributed by atoms with van der Waals surface area (Å²) in [5.41, 5.74) is 1.21. The van der Waals surface area contributed by atoms with Crippen LogP contribution >= 0.6 is 24.0 Å². The molecule has 29 heavy (non-hydrogen) atoms. The van der Waals surface area contributed by atoms with Crippen molar-refractivity contribution in [1.29, 1.82) is 0 Å². The minimum Gasteiger partial charge on any atom is -0.376 e. The number of rotatable bonds is 7. The summed E-state index contributed by atoms with van der Waals surface area (Å²) in [6.45, 7) is 8.76. The summed E-state index contributed by atoms with van der Waals surface area (Å²) in [6, 6.07) is 10.7. The highest BCUT2D eigenvalue weighted by Gasteiger charge is 2.28. The number of nitrogens with zero attached hydrogens (tertiary/aromatic N) is 4. The second-order valence-corrected chi connectivity index (χ2v) is 7.82. The molecule has 0 spiro atoms. The van der Waals surface area contributed by atoms with Gasteiger partial charge in [-0.25, -0.2) is 4.98 Å². The van der Waals surface area contributed by atoms with Crippen LogP contribution in [0.2, 0.25) is 0 Å². The Hall–Kier alpha value is -1.61. The van der Waals surface area contributed by atoms with Gasteiger partial charge in [0.15, 0.2) is 5.96 Å². The molecule has 0 radical (unpaired) electrons. The number of likely N-dealkylation sites (tertiary alicyclic amines) is 1. The molecule has 1 N–H and O–H groups in total. The lowest BCUT2D eigenvalue weighted by Gasteiger charge is -2.39. The summed E-state index contributed by atoms with van der Waals surface area (Å²) in [4.78, 5) is 11.1. The van der Waals surface area contributed by atoms with Crippen molar-refractivity contribution in [3.8, 4) is 0 Å². The van der Waals surface area contributed by atoms with E-state index < -0.39 is 0 Å². The smallest absolute Gasteiger partial charge is 0.193 e.